The number of rotatable bonds is 5. The van der Waals surface area contributed by atoms with Gasteiger partial charge in [0.05, 0.1) is 18.4 Å². The van der Waals surface area contributed by atoms with E-state index < -0.39 is 0 Å². The number of aromatic nitrogens is 3. The van der Waals surface area contributed by atoms with Gasteiger partial charge in [0.25, 0.3) is 0 Å². The third-order valence-corrected chi connectivity index (χ3v) is 4.08. The number of ketones is 1. The predicted molar refractivity (Wildman–Crippen MR) is 96.5 cm³/mol. The van der Waals surface area contributed by atoms with Crippen LogP contribution in [0.1, 0.15) is 25.8 Å². The molecule has 7 nitrogen and oxygen atoms in total. The van der Waals surface area contributed by atoms with Crippen LogP contribution in [0.2, 0.25) is 0 Å². The highest BCUT2D eigenvalue weighted by Crippen LogP contribution is 2.25. The van der Waals surface area contributed by atoms with Crippen molar-refractivity contribution in [2.24, 2.45) is 0 Å². The van der Waals surface area contributed by atoms with Gasteiger partial charge >= 0.3 is 0 Å². The van der Waals surface area contributed by atoms with Crippen molar-refractivity contribution in [2.45, 2.75) is 20.3 Å². The van der Waals surface area contributed by atoms with Crippen LogP contribution in [-0.2, 0) is 9.59 Å². The van der Waals surface area contributed by atoms with Crippen LogP contribution in [0.25, 0.3) is 16.9 Å². The summed E-state index contributed by atoms with van der Waals surface area (Å²) in [5.41, 5.74) is 3.04. The third kappa shape index (κ3) is 3.17. The number of nitrogens with zero attached hydrogens (tertiary/aromatic N) is 5. The molecule has 0 saturated heterocycles. The Bertz CT molecular complexity index is 1030. The normalized spacial score (nSPS) is 10.5. The van der Waals surface area contributed by atoms with Gasteiger partial charge in [-0.25, -0.2) is 9.50 Å². The average Bonchev–Trinajstić information content (AvgIpc) is 3.09. The van der Waals surface area contributed by atoms with Gasteiger partial charge in [0.1, 0.15) is 11.6 Å². The summed E-state index contributed by atoms with van der Waals surface area (Å²) in [6.07, 6.45) is 3.46. The minimum atomic E-state index is -0.199. The molecule has 0 aliphatic heterocycles. The third-order valence-electron chi connectivity index (χ3n) is 4.08. The summed E-state index contributed by atoms with van der Waals surface area (Å²) in [4.78, 5) is 29.5. The van der Waals surface area contributed by atoms with Crippen LogP contribution in [0.5, 0.6) is 0 Å². The van der Waals surface area contributed by atoms with Crippen molar-refractivity contribution in [1.82, 2.24) is 14.6 Å². The number of carbonyl (C=O) groups excluding carboxylic acids is 2. The van der Waals surface area contributed by atoms with Gasteiger partial charge in [0, 0.05) is 30.8 Å². The summed E-state index contributed by atoms with van der Waals surface area (Å²) in [6.45, 7) is 3.25. The topological polar surface area (TPSA) is 91.4 Å². The number of benzene rings is 1. The summed E-state index contributed by atoms with van der Waals surface area (Å²) in [7, 11) is 0. The van der Waals surface area contributed by atoms with Crippen molar-refractivity contribution in [3.8, 4) is 17.3 Å². The van der Waals surface area contributed by atoms with E-state index in [1.54, 1.807) is 29.8 Å². The smallest absolute Gasteiger partial charge is 0.224 e. The first kappa shape index (κ1) is 17.3. The molecule has 130 valence electrons. The summed E-state index contributed by atoms with van der Waals surface area (Å²) in [6, 6.07) is 11.2. The fourth-order valence-corrected chi connectivity index (χ4v) is 2.69. The van der Waals surface area contributed by atoms with Crippen molar-refractivity contribution in [2.75, 3.05) is 11.4 Å². The summed E-state index contributed by atoms with van der Waals surface area (Å²) in [5.74, 6) is -0.211. The zero-order valence-electron chi connectivity index (χ0n) is 14.5. The second kappa shape index (κ2) is 7.15. The Balaban J connectivity index is 2.07. The first-order chi connectivity index (χ1) is 12.5. The molecule has 0 N–H and O–H groups in total. The van der Waals surface area contributed by atoms with Crippen LogP contribution >= 0.6 is 0 Å². The SMILES string of the molecule is CCC(=O)CN(C(C)=O)c1cccc(-c2ccnc3c(C#N)cnn23)c1. The molecule has 0 atom stereocenters. The molecule has 2 aromatic heterocycles. The lowest BCUT2D eigenvalue weighted by atomic mass is 10.1. The standard InChI is InChI=1S/C19H17N5O2/c1-3-17(26)12-23(13(2)25)16-6-4-5-14(9-16)18-7-8-21-19-15(10-20)11-22-24(18)19/h4-9,11H,3,12H2,1-2H3. The van der Waals surface area contributed by atoms with E-state index in [0.717, 1.165) is 11.3 Å². The molecule has 26 heavy (non-hydrogen) atoms. The number of carbonyl (C=O) groups is 2. The molecule has 0 fully saturated rings. The van der Waals surface area contributed by atoms with E-state index in [1.807, 2.05) is 18.2 Å². The average molecular weight is 347 g/mol. The zero-order valence-corrected chi connectivity index (χ0v) is 14.5. The first-order valence-corrected chi connectivity index (χ1v) is 8.18. The zero-order chi connectivity index (χ0) is 18.7. The maximum absolute atomic E-state index is 12.0. The van der Waals surface area contributed by atoms with E-state index in [9.17, 15) is 9.59 Å². The second-order valence-electron chi connectivity index (χ2n) is 5.78. The highest BCUT2D eigenvalue weighted by atomic mass is 16.2. The minimum Gasteiger partial charge on any atom is -0.305 e. The van der Waals surface area contributed by atoms with Crippen molar-refractivity contribution < 1.29 is 9.59 Å². The molecule has 0 radical (unpaired) electrons. The minimum absolute atomic E-state index is 0.0114. The monoisotopic (exact) mass is 347 g/mol. The van der Waals surface area contributed by atoms with Crippen molar-refractivity contribution in [3.05, 3.63) is 48.3 Å². The van der Waals surface area contributed by atoms with E-state index in [4.69, 9.17) is 5.26 Å². The summed E-state index contributed by atoms with van der Waals surface area (Å²) >= 11 is 0. The number of anilines is 1. The van der Waals surface area contributed by atoms with Gasteiger partial charge in [-0.3, -0.25) is 9.59 Å². The first-order valence-electron chi connectivity index (χ1n) is 8.18. The van der Waals surface area contributed by atoms with Crippen LogP contribution in [0.4, 0.5) is 5.69 Å². The van der Waals surface area contributed by atoms with E-state index >= 15 is 0 Å². The number of nitriles is 1. The van der Waals surface area contributed by atoms with E-state index in [0.29, 0.717) is 23.3 Å². The Morgan fingerprint density at radius 1 is 1.31 bits per heavy atom. The quantitative estimate of drug-likeness (QED) is 0.707. The molecule has 3 aromatic rings. The van der Waals surface area contributed by atoms with Gasteiger partial charge in [0.2, 0.25) is 5.91 Å². The Kier molecular flexibility index (Phi) is 4.76. The van der Waals surface area contributed by atoms with Crippen molar-refractivity contribution in [3.63, 3.8) is 0 Å². The largest absolute Gasteiger partial charge is 0.305 e. The van der Waals surface area contributed by atoms with Gasteiger partial charge in [-0.2, -0.15) is 10.4 Å². The van der Waals surface area contributed by atoms with E-state index in [-0.39, 0.29) is 18.2 Å². The lowest BCUT2D eigenvalue weighted by Gasteiger charge is -2.21. The molecule has 0 spiro atoms. The Morgan fingerprint density at radius 2 is 2.12 bits per heavy atom. The fourth-order valence-electron chi connectivity index (χ4n) is 2.69. The van der Waals surface area contributed by atoms with Crippen LogP contribution in [-0.4, -0.2) is 32.8 Å². The van der Waals surface area contributed by atoms with Crippen molar-refractivity contribution in [1.29, 1.82) is 5.26 Å². The highest BCUT2D eigenvalue weighted by molar-refractivity contribution is 5.98. The summed E-state index contributed by atoms with van der Waals surface area (Å²) < 4.78 is 1.59. The van der Waals surface area contributed by atoms with E-state index in [1.165, 1.54) is 18.0 Å². The lowest BCUT2D eigenvalue weighted by Crippen LogP contribution is -2.33. The molecular formula is C19H17N5O2. The number of Topliss-reactive ketones (excluding diaryl/α,β-unsaturated/α-hetero) is 1. The number of fused-ring (bicyclic) bond motifs is 1. The maximum atomic E-state index is 12.0. The molecule has 3 rings (SSSR count). The Morgan fingerprint density at radius 3 is 2.81 bits per heavy atom. The number of hydrogen-bond donors (Lipinski definition) is 0. The molecule has 1 amide bonds. The highest BCUT2D eigenvalue weighted by Gasteiger charge is 2.16. The van der Waals surface area contributed by atoms with Gasteiger partial charge in [-0.15, -0.1) is 0 Å². The fraction of sp³-hybridized carbons (Fsp3) is 0.211. The molecule has 0 bridgehead atoms. The van der Waals surface area contributed by atoms with Crippen LogP contribution < -0.4 is 4.90 Å². The Labute approximate surface area is 150 Å². The molecule has 0 saturated carbocycles. The number of hydrogen-bond acceptors (Lipinski definition) is 5. The molecule has 0 aliphatic rings. The molecule has 2 heterocycles. The summed E-state index contributed by atoms with van der Waals surface area (Å²) in [5, 5.41) is 13.4. The molecular weight excluding hydrogens is 330 g/mol. The van der Waals surface area contributed by atoms with Crippen LogP contribution in [0, 0.1) is 11.3 Å². The van der Waals surface area contributed by atoms with Gasteiger partial charge in [-0.05, 0) is 18.2 Å². The van der Waals surface area contributed by atoms with Crippen molar-refractivity contribution >= 4 is 23.0 Å². The molecule has 0 unspecified atom stereocenters. The Hall–Kier alpha value is -3.53. The molecule has 7 heteroatoms. The van der Waals surface area contributed by atoms with Gasteiger partial charge in [0.15, 0.2) is 11.4 Å². The second-order valence-corrected chi connectivity index (χ2v) is 5.78. The van der Waals surface area contributed by atoms with Gasteiger partial charge < -0.3 is 4.90 Å². The molecule has 0 aliphatic carbocycles. The van der Waals surface area contributed by atoms with Crippen LogP contribution in [0.15, 0.2) is 42.7 Å². The van der Waals surface area contributed by atoms with Crippen LogP contribution in [0.3, 0.4) is 0 Å². The number of amides is 1. The lowest BCUT2D eigenvalue weighted by molar-refractivity contribution is -0.121. The maximum Gasteiger partial charge on any atom is 0.224 e. The molecule has 1 aromatic carbocycles. The van der Waals surface area contributed by atoms with Gasteiger partial charge in [-0.1, -0.05) is 19.1 Å². The predicted octanol–water partition coefficient (Wildman–Crippen LogP) is 2.60. The van der Waals surface area contributed by atoms with E-state index in [2.05, 4.69) is 16.2 Å².